The average molecular weight is 401 g/mol. The van der Waals surface area contributed by atoms with Crippen LogP contribution in [0.4, 0.5) is 0 Å². The van der Waals surface area contributed by atoms with Crippen LogP contribution in [0.5, 0.6) is 0 Å². The third-order valence-corrected chi connectivity index (χ3v) is 9.93. The minimum atomic E-state index is -3.07. The predicted octanol–water partition coefficient (Wildman–Crippen LogP) is 4.00. The summed E-state index contributed by atoms with van der Waals surface area (Å²) in [7, 11) is -3.07. The first-order valence-electron chi connectivity index (χ1n) is 9.55. The van der Waals surface area contributed by atoms with Gasteiger partial charge in [-0.15, -0.1) is 0 Å². The lowest BCUT2D eigenvalue weighted by Crippen LogP contribution is -2.67. The maximum atomic E-state index is 13.3. The molecule has 0 bridgehead atoms. The minimum Gasteiger partial charge on any atom is -0.506 e. The topological polar surface area (TPSA) is 43.4 Å². The van der Waals surface area contributed by atoms with Crippen molar-refractivity contribution in [3.8, 4) is 0 Å². The van der Waals surface area contributed by atoms with Gasteiger partial charge in [0.2, 0.25) is 0 Å². The summed E-state index contributed by atoms with van der Waals surface area (Å²) in [6.45, 7) is 6.25. The number of hydrogen-bond donors (Lipinski definition) is 0. The van der Waals surface area contributed by atoms with Crippen LogP contribution in [0.3, 0.4) is 0 Å². The van der Waals surface area contributed by atoms with Crippen LogP contribution in [0, 0.1) is 0 Å². The molecule has 0 aliphatic heterocycles. The van der Waals surface area contributed by atoms with Crippen LogP contribution in [-0.2, 0) is 14.0 Å². The first kappa shape index (κ1) is 20.5. The van der Waals surface area contributed by atoms with Crippen LogP contribution in [0.2, 0.25) is 5.04 Å². The van der Waals surface area contributed by atoms with Crippen molar-refractivity contribution in [2.75, 3.05) is 0 Å². The highest BCUT2D eigenvalue weighted by atomic mass is 28.4. The van der Waals surface area contributed by atoms with Crippen LogP contribution in [-0.4, -0.2) is 20.2 Å². The molecule has 3 nitrogen and oxygen atoms in total. The third-order valence-electron chi connectivity index (χ3n) is 5.03. The van der Waals surface area contributed by atoms with Crippen LogP contribution >= 0.6 is 0 Å². The fraction of sp³-hybridized carbons (Fsp3) is 0.160. The average Bonchev–Trinajstić information content (AvgIpc) is 2.74. The highest BCUT2D eigenvalue weighted by Crippen LogP contribution is 2.37. The van der Waals surface area contributed by atoms with E-state index in [1.807, 2.05) is 72.7 Å². The molecule has 0 atom stereocenters. The van der Waals surface area contributed by atoms with E-state index >= 15 is 0 Å². The van der Waals surface area contributed by atoms with E-state index < -0.39 is 14.3 Å². The lowest BCUT2D eigenvalue weighted by Gasteiger charge is -2.42. The van der Waals surface area contributed by atoms with E-state index in [-0.39, 0.29) is 10.6 Å². The minimum absolute atomic E-state index is 0.0846. The van der Waals surface area contributed by atoms with E-state index in [1.54, 1.807) is 24.3 Å². The zero-order chi connectivity index (χ0) is 20.9. The second-order valence-electron chi connectivity index (χ2n) is 7.90. The van der Waals surface area contributed by atoms with E-state index in [9.17, 15) is 9.59 Å². The number of carbonyl (C=O) groups excluding carboxylic acids is 2. The van der Waals surface area contributed by atoms with E-state index in [2.05, 4.69) is 20.8 Å². The van der Waals surface area contributed by atoms with Crippen molar-refractivity contribution in [1.82, 2.24) is 0 Å². The van der Waals surface area contributed by atoms with Gasteiger partial charge in [-0.05, 0) is 15.4 Å². The molecular formula is C25H24O3Si. The summed E-state index contributed by atoms with van der Waals surface area (Å²) in [6, 6.07) is 28.5. The van der Waals surface area contributed by atoms with Gasteiger partial charge in [-0.1, -0.05) is 112 Å². The Bertz CT molecular complexity index is 976. The first-order valence-corrected chi connectivity index (χ1v) is 11.5. The Morgan fingerprint density at radius 2 is 1.17 bits per heavy atom. The van der Waals surface area contributed by atoms with E-state index in [4.69, 9.17) is 4.43 Å². The van der Waals surface area contributed by atoms with Crippen molar-refractivity contribution in [2.24, 2.45) is 0 Å². The zero-order valence-corrected chi connectivity index (χ0v) is 17.9. The molecule has 3 rings (SSSR count). The number of hydrogen-bond acceptors (Lipinski definition) is 3. The molecule has 0 saturated heterocycles. The van der Waals surface area contributed by atoms with Gasteiger partial charge in [0.25, 0.3) is 0 Å². The molecule has 3 aromatic carbocycles. The molecule has 0 N–H and O–H groups in total. The van der Waals surface area contributed by atoms with Crippen molar-refractivity contribution >= 4 is 36.2 Å². The van der Waals surface area contributed by atoms with Gasteiger partial charge in [0.15, 0.2) is 0 Å². The van der Waals surface area contributed by atoms with Crippen LogP contribution in [0.15, 0.2) is 91.0 Å². The predicted molar refractivity (Wildman–Crippen MR) is 119 cm³/mol. The van der Waals surface area contributed by atoms with Crippen LogP contribution < -0.4 is 10.4 Å². The molecule has 0 saturated carbocycles. The number of benzene rings is 3. The van der Waals surface area contributed by atoms with Gasteiger partial charge in [0, 0.05) is 5.56 Å². The summed E-state index contributed by atoms with van der Waals surface area (Å²) in [5.41, 5.74) is 0.420. The van der Waals surface area contributed by atoms with Gasteiger partial charge < -0.3 is 4.43 Å². The Morgan fingerprint density at radius 1 is 0.759 bits per heavy atom. The maximum absolute atomic E-state index is 13.3. The van der Waals surface area contributed by atoms with Crippen LogP contribution in [0.1, 0.15) is 26.3 Å². The van der Waals surface area contributed by atoms with E-state index in [0.717, 1.165) is 10.4 Å². The molecule has 29 heavy (non-hydrogen) atoms. The zero-order valence-electron chi connectivity index (χ0n) is 16.9. The molecule has 0 spiro atoms. The lowest BCUT2D eigenvalue weighted by molar-refractivity contribution is -0.128. The molecule has 0 aliphatic carbocycles. The Morgan fingerprint density at radius 3 is 1.55 bits per heavy atom. The monoisotopic (exact) mass is 400 g/mol. The largest absolute Gasteiger partial charge is 0.506 e. The van der Waals surface area contributed by atoms with Gasteiger partial charge in [-0.3, -0.25) is 0 Å². The molecule has 146 valence electrons. The molecule has 0 amide bonds. The molecule has 0 radical (unpaired) electrons. The maximum Gasteiger partial charge on any atom is 0.337 e. The van der Waals surface area contributed by atoms with Gasteiger partial charge in [0.1, 0.15) is 11.5 Å². The normalized spacial score (nSPS) is 11.4. The molecular weight excluding hydrogens is 376 g/mol. The van der Waals surface area contributed by atoms with Crippen molar-refractivity contribution in [1.29, 1.82) is 0 Å². The summed E-state index contributed by atoms with van der Waals surface area (Å²) in [5, 5.41) is 1.59. The van der Waals surface area contributed by atoms with E-state index in [1.165, 1.54) is 0 Å². The van der Waals surface area contributed by atoms with Gasteiger partial charge in [-0.2, -0.15) is 0 Å². The summed E-state index contributed by atoms with van der Waals surface area (Å²) in [4.78, 5) is 25.0. The van der Waals surface area contributed by atoms with Gasteiger partial charge >= 0.3 is 14.3 Å². The van der Waals surface area contributed by atoms with Crippen molar-refractivity contribution in [3.05, 3.63) is 96.6 Å². The fourth-order valence-corrected chi connectivity index (χ4v) is 7.97. The van der Waals surface area contributed by atoms with Gasteiger partial charge in [0.05, 0.1) is 0 Å². The van der Waals surface area contributed by atoms with Crippen molar-refractivity contribution in [3.63, 3.8) is 0 Å². The first-order chi connectivity index (χ1) is 13.9. The Balaban J connectivity index is 2.18. The fourth-order valence-electron chi connectivity index (χ4n) is 3.66. The SMILES string of the molecule is CC(C)(C)[Si](OC(=O)C(=C=O)c1ccccc1)(c1ccccc1)c1ccccc1. The summed E-state index contributed by atoms with van der Waals surface area (Å²) >= 11 is 0. The highest BCUT2D eigenvalue weighted by molar-refractivity contribution is 7.00. The summed E-state index contributed by atoms with van der Waals surface area (Å²) in [6.07, 6.45) is 0. The standard InChI is InChI=1S/C25H24O3Si/c1-25(2,3)29(21-15-9-5-10-16-21,22-17-11-6-12-18-22)28-24(27)23(19-26)20-13-7-4-8-14-20/h4-18H,1-3H3. The molecule has 0 fully saturated rings. The molecule has 0 aromatic heterocycles. The molecule has 4 heteroatoms. The number of carbonyl (C=O) groups is 1. The van der Waals surface area contributed by atoms with Crippen molar-refractivity contribution < 1.29 is 14.0 Å². The Hall–Kier alpha value is -3.20. The lowest BCUT2D eigenvalue weighted by atomic mass is 10.1. The van der Waals surface area contributed by atoms with Crippen LogP contribution in [0.25, 0.3) is 5.57 Å². The number of rotatable bonds is 5. The Kier molecular flexibility index (Phi) is 5.97. The molecule has 0 unspecified atom stereocenters. The Labute approximate surface area is 172 Å². The quantitative estimate of drug-likeness (QED) is 0.369. The molecule has 3 aromatic rings. The molecule has 0 aliphatic rings. The second kappa shape index (κ2) is 8.44. The molecule has 0 heterocycles. The summed E-state index contributed by atoms with van der Waals surface area (Å²) in [5.74, 6) is 1.17. The summed E-state index contributed by atoms with van der Waals surface area (Å²) < 4.78 is 6.38. The van der Waals surface area contributed by atoms with Gasteiger partial charge in [-0.25, -0.2) is 9.59 Å². The third kappa shape index (κ3) is 3.99. The van der Waals surface area contributed by atoms with E-state index in [0.29, 0.717) is 5.56 Å². The van der Waals surface area contributed by atoms with Crippen molar-refractivity contribution in [2.45, 2.75) is 25.8 Å². The smallest absolute Gasteiger partial charge is 0.337 e. The highest BCUT2D eigenvalue weighted by Gasteiger charge is 2.53. The second-order valence-corrected chi connectivity index (χ2v) is 12.1.